The minimum absolute atomic E-state index is 0.0992. The zero-order valence-corrected chi connectivity index (χ0v) is 14.8. The van der Waals surface area contributed by atoms with Crippen molar-refractivity contribution in [3.63, 3.8) is 0 Å². The highest BCUT2D eigenvalue weighted by atomic mass is 16.5. The van der Waals surface area contributed by atoms with E-state index in [-0.39, 0.29) is 11.3 Å². The van der Waals surface area contributed by atoms with E-state index in [1.807, 2.05) is 30.5 Å². The highest BCUT2D eigenvalue weighted by Crippen LogP contribution is 2.26. The zero-order valence-electron chi connectivity index (χ0n) is 14.8. The van der Waals surface area contributed by atoms with Crippen molar-refractivity contribution in [3.05, 3.63) is 47.8 Å². The van der Waals surface area contributed by atoms with Gasteiger partial charge >= 0.3 is 0 Å². The maximum Gasteiger partial charge on any atom is 0.164 e. The van der Waals surface area contributed by atoms with Gasteiger partial charge in [-0.1, -0.05) is 6.07 Å². The molecule has 24 heavy (non-hydrogen) atoms. The second kappa shape index (κ2) is 6.81. The predicted molar refractivity (Wildman–Crippen MR) is 96.3 cm³/mol. The van der Waals surface area contributed by atoms with Crippen LogP contribution in [0.15, 0.2) is 36.5 Å². The second-order valence-electron chi connectivity index (χ2n) is 7.35. The van der Waals surface area contributed by atoms with Crippen LogP contribution in [0.25, 0.3) is 5.69 Å². The molecule has 0 spiro atoms. The number of hydrogen-bond donors (Lipinski definition) is 1. The van der Waals surface area contributed by atoms with E-state index in [0.717, 1.165) is 42.1 Å². The Morgan fingerprint density at radius 3 is 2.83 bits per heavy atom. The Kier molecular flexibility index (Phi) is 4.76. The van der Waals surface area contributed by atoms with Crippen LogP contribution in [0.3, 0.4) is 0 Å². The number of carbonyl (C=O) groups is 1. The summed E-state index contributed by atoms with van der Waals surface area (Å²) in [6, 6.07) is 10.0. The molecule has 1 N–H and O–H groups in total. The molecule has 0 saturated carbocycles. The van der Waals surface area contributed by atoms with Crippen LogP contribution < -0.4 is 10.1 Å². The molecule has 1 aliphatic carbocycles. The number of carbonyl (C=O) groups excluding carboxylic acids is 1. The summed E-state index contributed by atoms with van der Waals surface area (Å²) >= 11 is 0. The fourth-order valence-electron chi connectivity index (χ4n) is 3.09. The van der Waals surface area contributed by atoms with Gasteiger partial charge in [0.1, 0.15) is 12.4 Å². The first-order chi connectivity index (χ1) is 11.4. The average molecular weight is 326 g/mol. The molecule has 1 aromatic heterocycles. The first-order valence-electron chi connectivity index (χ1n) is 8.66. The van der Waals surface area contributed by atoms with E-state index in [9.17, 15) is 4.79 Å². The van der Waals surface area contributed by atoms with Gasteiger partial charge in [0.25, 0.3) is 0 Å². The lowest BCUT2D eigenvalue weighted by Gasteiger charge is -2.20. The summed E-state index contributed by atoms with van der Waals surface area (Å²) in [7, 11) is 0. The summed E-state index contributed by atoms with van der Waals surface area (Å²) in [4.78, 5) is 12.0. The van der Waals surface area contributed by atoms with Crippen molar-refractivity contribution < 1.29 is 9.53 Å². The van der Waals surface area contributed by atoms with Crippen molar-refractivity contribution in [1.82, 2.24) is 9.88 Å². The van der Waals surface area contributed by atoms with Crippen LogP contribution in [-0.4, -0.2) is 29.0 Å². The molecule has 128 valence electrons. The van der Waals surface area contributed by atoms with Crippen molar-refractivity contribution in [2.45, 2.75) is 45.6 Å². The van der Waals surface area contributed by atoms with E-state index in [1.165, 1.54) is 0 Å². The molecule has 0 aliphatic heterocycles. The zero-order chi connectivity index (χ0) is 17.2. The van der Waals surface area contributed by atoms with Gasteiger partial charge in [-0.3, -0.25) is 4.79 Å². The number of ether oxygens (including phenoxy) is 1. The minimum Gasteiger partial charge on any atom is -0.492 e. The SMILES string of the molecule is CC(C)(C)NCCOc1cccc(-n2ccc3c2CCCC3=O)c1. The van der Waals surface area contributed by atoms with Crippen molar-refractivity contribution in [2.75, 3.05) is 13.2 Å². The Morgan fingerprint density at radius 2 is 2.04 bits per heavy atom. The normalized spacial score (nSPS) is 14.5. The molecular weight excluding hydrogens is 300 g/mol. The lowest BCUT2D eigenvalue weighted by Crippen LogP contribution is -2.38. The number of Topliss-reactive ketones (excluding diaryl/α,β-unsaturated/α-hetero) is 1. The van der Waals surface area contributed by atoms with E-state index in [0.29, 0.717) is 13.0 Å². The molecule has 0 saturated heterocycles. The lowest BCUT2D eigenvalue weighted by molar-refractivity contribution is 0.0972. The fourth-order valence-corrected chi connectivity index (χ4v) is 3.09. The van der Waals surface area contributed by atoms with Crippen molar-refractivity contribution >= 4 is 5.78 Å². The molecule has 0 atom stereocenters. The number of hydrogen-bond acceptors (Lipinski definition) is 3. The third-order valence-electron chi connectivity index (χ3n) is 4.23. The van der Waals surface area contributed by atoms with E-state index < -0.39 is 0 Å². The van der Waals surface area contributed by atoms with Gasteiger partial charge in [0, 0.05) is 47.7 Å². The quantitative estimate of drug-likeness (QED) is 0.851. The molecule has 1 heterocycles. The van der Waals surface area contributed by atoms with Gasteiger partial charge < -0.3 is 14.6 Å². The Hall–Kier alpha value is -2.07. The van der Waals surface area contributed by atoms with E-state index in [4.69, 9.17) is 4.74 Å². The van der Waals surface area contributed by atoms with Crippen LogP contribution in [0.5, 0.6) is 5.75 Å². The molecule has 0 unspecified atom stereocenters. The van der Waals surface area contributed by atoms with Crippen molar-refractivity contribution in [3.8, 4) is 11.4 Å². The van der Waals surface area contributed by atoms with Crippen LogP contribution in [0.2, 0.25) is 0 Å². The fraction of sp³-hybridized carbons (Fsp3) is 0.450. The maximum absolute atomic E-state index is 12.0. The first kappa shape index (κ1) is 16.8. The molecule has 1 aliphatic rings. The van der Waals surface area contributed by atoms with Gasteiger partial charge in [-0.15, -0.1) is 0 Å². The number of nitrogens with one attached hydrogen (secondary N) is 1. The molecule has 3 rings (SSSR count). The second-order valence-corrected chi connectivity index (χ2v) is 7.35. The number of benzene rings is 1. The van der Waals surface area contributed by atoms with Crippen LogP contribution in [0.4, 0.5) is 0 Å². The number of rotatable bonds is 5. The highest BCUT2D eigenvalue weighted by molar-refractivity contribution is 5.98. The van der Waals surface area contributed by atoms with E-state index >= 15 is 0 Å². The summed E-state index contributed by atoms with van der Waals surface area (Å²) < 4.78 is 7.98. The standard InChI is InChI=1S/C20H26N2O2/c1-20(2,3)21-11-13-24-16-7-4-6-15(14-16)22-12-10-17-18(22)8-5-9-19(17)23/h4,6-7,10,12,14,21H,5,8-9,11,13H2,1-3H3. The third kappa shape index (κ3) is 3.88. The third-order valence-corrected chi connectivity index (χ3v) is 4.23. The van der Waals surface area contributed by atoms with Crippen LogP contribution in [0, 0.1) is 0 Å². The number of ketones is 1. The topological polar surface area (TPSA) is 43.3 Å². The van der Waals surface area contributed by atoms with Gasteiger partial charge in [0.05, 0.1) is 0 Å². The summed E-state index contributed by atoms with van der Waals surface area (Å²) in [5.41, 5.74) is 3.15. The predicted octanol–water partition coefficient (Wildman–Crippen LogP) is 3.76. The van der Waals surface area contributed by atoms with Gasteiger partial charge in [-0.25, -0.2) is 0 Å². The molecule has 0 fully saturated rings. The summed E-state index contributed by atoms with van der Waals surface area (Å²) in [5.74, 6) is 1.11. The van der Waals surface area contributed by atoms with Crippen LogP contribution >= 0.6 is 0 Å². The Morgan fingerprint density at radius 1 is 1.21 bits per heavy atom. The number of nitrogens with zero attached hydrogens (tertiary/aromatic N) is 1. The van der Waals surface area contributed by atoms with Gasteiger partial charge in [-0.2, -0.15) is 0 Å². The van der Waals surface area contributed by atoms with Crippen LogP contribution in [-0.2, 0) is 6.42 Å². The molecule has 0 amide bonds. The first-order valence-corrected chi connectivity index (χ1v) is 8.66. The molecular formula is C20H26N2O2. The van der Waals surface area contributed by atoms with Crippen molar-refractivity contribution in [2.24, 2.45) is 0 Å². The van der Waals surface area contributed by atoms with Crippen LogP contribution in [0.1, 0.15) is 49.7 Å². The lowest BCUT2D eigenvalue weighted by atomic mass is 9.97. The molecule has 0 radical (unpaired) electrons. The molecule has 1 aromatic carbocycles. The van der Waals surface area contributed by atoms with Gasteiger partial charge in [0.15, 0.2) is 5.78 Å². The Labute approximate surface area is 143 Å². The number of fused-ring (bicyclic) bond motifs is 1. The highest BCUT2D eigenvalue weighted by Gasteiger charge is 2.21. The summed E-state index contributed by atoms with van der Waals surface area (Å²) in [5, 5.41) is 3.41. The molecule has 2 aromatic rings. The summed E-state index contributed by atoms with van der Waals surface area (Å²) in [6.45, 7) is 7.86. The molecule has 0 bridgehead atoms. The Balaban J connectivity index is 1.71. The van der Waals surface area contributed by atoms with Gasteiger partial charge in [0.2, 0.25) is 0 Å². The van der Waals surface area contributed by atoms with Crippen molar-refractivity contribution in [1.29, 1.82) is 0 Å². The minimum atomic E-state index is 0.0992. The summed E-state index contributed by atoms with van der Waals surface area (Å²) in [6.07, 6.45) is 4.55. The number of aromatic nitrogens is 1. The molecule has 4 nitrogen and oxygen atoms in total. The smallest absolute Gasteiger partial charge is 0.164 e. The average Bonchev–Trinajstić information content (AvgIpc) is 2.96. The maximum atomic E-state index is 12.0. The Bertz CT molecular complexity index is 725. The van der Waals surface area contributed by atoms with E-state index in [2.05, 4.69) is 36.7 Å². The van der Waals surface area contributed by atoms with E-state index in [1.54, 1.807) is 0 Å². The molecule has 4 heteroatoms. The van der Waals surface area contributed by atoms with Gasteiger partial charge in [-0.05, 0) is 51.8 Å². The monoisotopic (exact) mass is 326 g/mol. The largest absolute Gasteiger partial charge is 0.492 e.